The molecule has 0 bridgehead atoms. The van der Waals surface area contributed by atoms with Gasteiger partial charge in [0.2, 0.25) is 0 Å². The van der Waals surface area contributed by atoms with Crippen LogP contribution in [-0.2, 0) is 0 Å². The van der Waals surface area contributed by atoms with Gasteiger partial charge in [-0.05, 0) is 38.5 Å². The minimum atomic E-state index is -0.164. The van der Waals surface area contributed by atoms with Crippen molar-refractivity contribution in [1.82, 2.24) is 9.88 Å². The lowest BCUT2D eigenvalue weighted by Gasteiger charge is -2.29. The number of aromatic nitrogens is 1. The molecule has 0 spiro atoms. The van der Waals surface area contributed by atoms with E-state index in [4.69, 9.17) is 0 Å². The van der Waals surface area contributed by atoms with Gasteiger partial charge in [0.25, 0.3) is 5.91 Å². The van der Waals surface area contributed by atoms with Crippen LogP contribution < -0.4 is 5.43 Å². The molecule has 0 aromatic carbocycles. The van der Waals surface area contributed by atoms with Crippen molar-refractivity contribution in [1.29, 1.82) is 0 Å². The summed E-state index contributed by atoms with van der Waals surface area (Å²) in [6.07, 6.45) is 8.78. The third-order valence-corrected chi connectivity index (χ3v) is 4.79. The number of hydrogen-bond donors (Lipinski definition) is 1. The third kappa shape index (κ3) is 2.39. The molecule has 2 heterocycles. The maximum atomic E-state index is 12.7. The SMILES string of the molecule is Cc1cc(=O)c(C(=O)N2CCCC2C2CCCC2)c[nH]1. The number of pyridine rings is 1. The molecule has 3 rings (SSSR count). The highest BCUT2D eigenvalue weighted by atomic mass is 16.2. The van der Waals surface area contributed by atoms with E-state index in [0.717, 1.165) is 25.1 Å². The van der Waals surface area contributed by atoms with Crippen molar-refractivity contribution in [2.75, 3.05) is 6.54 Å². The molecule has 108 valence electrons. The minimum Gasteiger partial charge on any atom is -0.364 e. The Hall–Kier alpha value is -1.58. The summed E-state index contributed by atoms with van der Waals surface area (Å²) in [6.45, 7) is 2.63. The Morgan fingerprint density at radius 3 is 2.70 bits per heavy atom. The lowest BCUT2D eigenvalue weighted by atomic mass is 9.95. The number of likely N-dealkylation sites (tertiary alicyclic amines) is 1. The number of nitrogens with one attached hydrogen (secondary N) is 1. The normalized spacial score (nSPS) is 23.4. The summed E-state index contributed by atoms with van der Waals surface area (Å²) in [5, 5.41) is 0. The van der Waals surface area contributed by atoms with Gasteiger partial charge >= 0.3 is 0 Å². The molecule has 1 saturated heterocycles. The van der Waals surface area contributed by atoms with Crippen LogP contribution in [0.3, 0.4) is 0 Å². The van der Waals surface area contributed by atoms with Crippen molar-refractivity contribution in [3.8, 4) is 0 Å². The number of H-pyrrole nitrogens is 1. The highest BCUT2D eigenvalue weighted by Crippen LogP contribution is 2.35. The van der Waals surface area contributed by atoms with Crippen LogP contribution in [0.15, 0.2) is 17.1 Å². The average molecular weight is 274 g/mol. The smallest absolute Gasteiger partial charge is 0.259 e. The summed E-state index contributed by atoms with van der Waals surface area (Å²) >= 11 is 0. The maximum Gasteiger partial charge on any atom is 0.259 e. The summed E-state index contributed by atoms with van der Waals surface area (Å²) in [5.41, 5.74) is 0.920. The fraction of sp³-hybridized carbons (Fsp3) is 0.625. The van der Waals surface area contributed by atoms with E-state index in [9.17, 15) is 9.59 Å². The molecular formula is C16H22N2O2. The predicted molar refractivity (Wildman–Crippen MR) is 77.8 cm³/mol. The summed E-state index contributed by atoms with van der Waals surface area (Å²) in [7, 11) is 0. The van der Waals surface area contributed by atoms with Crippen LogP contribution in [0.1, 0.15) is 54.6 Å². The molecule has 1 aromatic heterocycles. The second kappa shape index (κ2) is 5.43. The zero-order valence-electron chi connectivity index (χ0n) is 12.0. The first kappa shape index (κ1) is 13.4. The van der Waals surface area contributed by atoms with Gasteiger partial charge in [-0.3, -0.25) is 9.59 Å². The van der Waals surface area contributed by atoms with E-state index < -0.39 is 0 Å². The van der Waals surface area contributed by atoms with Crippen molar-refractivity contribution >= 4 is 5.91 Å². The number of aromatic amines is 1. The minimum absolute atomic E-state index is 0.0827. The van der Waals surface area contributed by atoms with Gasteiger partial charge in [0.1, 0.15) is 5.56 Å². The molecule has 1 N–H and O–H groups in total. The van der Waals surface area contributed by atoms with Crippen LogP contribution in [0.25, 0.3) is 0 Å². The molecule has 2 aliphatic rings. The van der Waals surface area contributed by atoms with E-state index in [0.29, 0.717) is 17.5 Å². The monoisotopic (exact) mass is 274 g/mol. The number of carbonyl (C=O) groups is 1. The summed E-state index contributed by atoms with van der Waals surface area (Å²) in [6, 6.07) is 1.86. The van der Waals surface area contributed by atoms with Crippen molar-refractivity contribution < 1.29 is 4.79 Å². The predicted octanol–water partition coefficient (Wildman–Crippen LogP) is 2.48. The van der Waals surface area contributed by atoms with Gasteiger partial charge in [0, 0.05) is 30.5 Å². The molecule has 1 saturated carbocycles. The van der Waals surface area contributed by atoms with Crippen molar-refractivity contribution in [3.63, 3.8) is 0 Å². The number of carbonyl (C=O) groups excluding carboxylic acids is 1. The van der Waals surface area contributed by atoms with E-state index in [1.807, 2.05) is 11.8 Å². The van der Waals surface area contributed by atoms with Gasteiger partial charge in [-0.25, -0.2) is 0 Å². The number of amides is 1. The van der Waals surface area contributed by atoms with Gasteiger partial charge in [0.15, 0.2) is 5.43 Å². The quantitative estimate of drug-likeness (QED) is 0.900. The lowest BCUT2D eigenvalue weighted by Crippen LogP contribution is -2.41. The first-order chi connectivity index (χ1) is 9.66. The summed E-state index contributed by atoms with van der Waals surface area (Å²) in [4.78, 5) is 29.6. The molecule has 20 heavy (non-hydrogen) atoms. The van der Waals surface area contributed by atoms with Crippen molar-refractivity contribution in [2.24, 2.45) is 5.92 Å². The molecule has 4 heteroatoms. The van der Waals surface area contributed by atoms with E-state index in [1.54, 1.807) is 6.20 Å². The lowest BCUT2D eigenvalue weighted by molar-refractivity contribution is 0.0687. The first-order valence-electron chi connectivity index (χ1n) is 7.67. The van der Waals surface area contributed by atoms with E-state index in [-0.39, 0.29) is 11.3 Å². The van der Waals surface area contributed by atoms with Crippen LogP contribution in [-0.4, -0.2) is 28.4 Å². The Morgan fingerprint density at radius 2 is 2.00 bits per heavy atom. The fourth-order valence-corrected chi connectivity index (χ4v) is 3.77. The Kier molecular flexibility index (Phi) is 3.64. The largest absolute Gasteiger partial charge is 0.364 e. The van der Waals surface area contributed by atoms with Gasteiger partial charge in [-0.1, -0.05) is 12.8 Å². The summed E-state index contributed by atoms with van der Waals surface area (Å²) in [5.74, 6) is 0.562. The Labute approximate surface area is 119 Å². The Morgan fingerprint density at radius 1 is 1.25 bits per heavy atom. The van der Waals surface area contributed by atoms with E-state index >= 15 is 0 Å². The Bertz CT molecular complexity index is 558. The molecule has 1 unspecified atom stereocenters. The molecule has 1 aromatic rings. The molecule has 1 aliphatic heterocycles. The topological polar surface area (TPSA) is 53.2 Å². The second-order valence-electron chi connectivity index (χ2n) is 6.15. The molecule has 0 radical (unpaired) electrons. The average Bonchev–Trinajstić information content (AvgIpc) is 3.09. The highest BCUT2D eigenvalue weighted by molar-refractivity contribution is 5.94. The number of rotatable bonds is 2. The highest BCUT2D eigenvalue weighted by Gasteiger charge is 2.36. The van der Waals surface area contributed by atoms with Crippen LogP contribution in [0.5, 0.6) is 0 Å². The van der Waals surface area contributed by atoms with Gasteiger partial charge in [0.05, 0.1) is 0 Å². The van der Waals surface area contributed by atoms with Gasteiger partial charge in [-0.2, -0.15) is 0 Å². The van der Waals surface area contributed by atoms with Crippen molar-refractivity contribution in [3.05, 3.63) is 33.7 Å². The third-order valence-electron chi connectivity index (χ3n) is 4.79. The van der Waals surface area contributed by atoms with Crippen LogP contribution in [0, 0.1) is 12.8 Å². The zero-order valence-corrected chi connectivity index (χ0v) is 12.0. The van der Waals surface area contributed by atoms with Gasteiger partial charge < -0.3 is 9.88 Å². The molecular weight excluding hydrogens is 252 g/mol. The fourth-order valence-electron chi connectivity index (χ4n) is 3.77. The summed E-state index contributed by atoms with van der Waals surface area (Å²) < 4.78 is 0. The van der Waals surface area contributed by atoms with E-state index in [2.05, 4.69) is 4.98 Å². The Balaban J connectivity index is 1.83. The van der Waals surface area contributed by atoms with E-state index in [1.165, 1.54) is 31.7 Å². The van der Waals surface area contributed by atoms with Crippen molar-refractivity contribution in [2.45, 2.75) is 51.5 Å². The zero-order chi connectivity index (χ0) is 14.1. The van der Waals surface area contributed by atoms with Crippen LogP contribution in [0.4, 0.5) is 0 Å². The number of hydrogen-bond acceptors (Lipinski definition) is 2. The molecule has 2 fully saturated rings. The number of aryl methyl sites for hydroxylation is 1. The maximum absolute atomic E-state index is 12.7. The second-order valence-corrected chi connectivity index (χ2v) is 6.15. The molecule has 1 aliphatic carbocycles. The first-order valence-corrected chi connectivity index (χ1v) is 7.67. The number of nitrogens with zero attached hydrogens (tertiary/aromatic N) is 1. The standard InChI is InChI=1S/C16H22N2O2/c1-11-9-15(19)13(10-17-11)16(20)18-8-4-7-14(18)12-5-2-3-6-12/h9-10,12,14H,2-8H2,1H3,(H,17,19). The van der Waals surface area contributed by atoms with Gasteiger partial charge in [-0.15, -0.1) is 0 Å². The molecule has 1 atom stereocenters. The van der Waals surface area contributed by atoms with Crippen LogP contribution >= 0.6 is 0 Å². The van der Waals surface area contributed by atoms with Crippen LogP contribution in [0.2, 0.25) is 0 Å². The molecule has 4 nitrogen and oxygen atoms in total. The molecule has 1 amide bonds.